The second-order valence-electron chi connectivity index (χ2n) is 3.92. The van der Waals surface area contributed by atoms with E-state index in [0.29, 0.717) is 12.2 Å². The van der Waals surface area contributed by atoms with Gasteiger partial charge in [-0.15, -0.1) is 11.3 Å². The van der Waals surface area contributed by atoms with Crippen molar-refractivity contribution < 1.29 is 4.79 Å². The molecule has 0 unspecified atom stereocenters. The van der Waals surface area contributed by atoms with Crippen molar-refractivity contribution in [1.29, 1.82) is 0 Å². The number of aromatic nitrogens is 1. The van der Waals surface area contributed by atoms with Gasteiger partial charge in [-0.25, -0.2) is 4.98 Å². The smallest absolute Gasteiger partial charge is 0.271 e. The average Bonchev–Trinajstić information content (AvgIpc) is 2.75. The largest absolute Gasteiger partial charge is 0.347 e. The fourth-order valence-corrected chi connectivity index (χ4v) is 2.04. The lowest BCUT2D eigenvalue weighted by molar-refractivity contribution is 0.0946. The number of benzene rings is 1. The van der Waals surface area contributed by atoms with Gasteiger partial charge in [0.15, 0.2) is 0 Å². The van der Waals surface area contributed by atoms with Crippen molar-refractivity contribution >= 4 is 17.2 Å². The van der Waals surface area contributed by atoms with E-state index < -0.39 is 0 Å². The highest BCUT2D eigenvalue weighted by Gasteiger charge is 2.08. The fourth-order valence-electron chi connectivity index (χ4n) is 1.45. The number of carbonyl (C=O) groups is 1. The lowest BCUT2D eigenvalue weighted by atomic mass is 10.1. The summed E-state index contributed by atoms with van der Waals surface area (Å²) in [5.41, 5.74) is 2.81. The van der Waals surface area contributed by atoms with E-state index >= 15 is 0 Å². The Hall–Kier alpha value is -1.68. The summed E-state index contributed by atoms with van der Waals surface area (Å²) < 4.78 is 0. The molecule has 0 aliphatic carbocycles. The average molecular weight is 246 g/mol. The zero-order chi connectivity index (χ0) is 12.3. The molecule has 0 radical (unpaired) electrons. The number of hydrogen-bond donors (Lipinski definition) is 1. The van der Waals surface area contributed by atoms with Gasteiger partial charge in [0.2, 0.25) is 0 Å². The van der Waals surface area contributed by atoms with Gasteiger partial charge in [-0.05, 0) is 19.4 Å². The minimum Gasteiger partial charge on any atom is -0.347 e. The molecule has 0 aliphatic rings. The van der Waals surface area contributed by atoms with E-state index in [2.05, 4.69) is 10.3 Å². The number of hydrogen-bond acceptors (Lipinski definition) is 3. The Morgan fingerprint density at radius 3 is 2.59 bits per heavy atom. The summed E-state index contributed by atoms with van der Waals surface area (Å²) in [7, 11) is 0. The molecule has 0 aliphatic heterocycles. The van der Waals surface area contributed by atoms with Crippen molar-refractivity contribution in [2.24, 2.45) is 0 Å². The summed E-state index contributed by atoms with van der Waals surface area (Å²) in [5, 5.41) is 5.54. The Morgan fingerprint density at radius 1 is 1.29 bits per heavy atom. The highest BCUT2D eigenvalue weighted by molar-refractivity contribution is 7.09. The summed E-state index contributed by atoms with van der Waals surface area (Å²) in [5.74, 6) is -0.116. The number of amides is 1. The van der Waals surface area contributed by atoms with Crippen molar-refractivity contribution in [3.8, 4) is 0 Å². The molecule has 0 saturated heterocycles. The molecule has 1 heterocycles. The number of nitrogens with zero attached hydrogens (tertiary/aromatic N) is 1. The van der Waals surface area contributed by atoms with Gasteiger partial charge in [0.1, 0.15) is 5.69 Å². The van der Waals surface area contributed by atoms with Gasteiger partial charge in [0.05, 0.1) is 5.01 Å². The number of thiazole rings is 1. The van der Waals surface area contributed by atoms with Crippen molar-refractivity contribution in [2.45, 2.75) is 20.4 Å². The van der Waals surface area contributed by atoms with Gasteiger partial charge in [-0.1, -0.05) is 29.8 Å². The molecule has 1 N–H and O–H groups in total. The molecule has 0 spiro atoms. The Kier molecular flexibility index (Phi) is 3.54. The van der Waals surface area contributed by atoms with Crippen LogP contribution in [-0.4, -0.2) is 10.9 Å². The zero-order valence-corrected chi connectivity index (χ0v) is 10.7. The third-order valence-electron chi connectivity index (χ3n) is 2.43. The van der Waals surface area contributed by atoms with Crippen LogP contribution in [0.2, 0.25) is 0 Å². The minimum absolute atomic E-state index is 0.116. The van der Waals surface area contributed by atoms with Crippen LogP contribution in [0.3, 0.4) is 0 Å². The first-order chi connectivity index (χ1) is 8.15. The molecular weight excluding hydrogens is 232 g/mol. The Bertz CT molecular complexity index is 516. The molecule has 0 atom stereocenters. The van der Waals surface area contributed by atoms with Crippen LogP contribution in [0, 0.1) is 13.8 Å². The van der Waals surface area contributed by atoms with E-state index in [1.54, 1.807) is 5.38 Å². The third-order valence-corrected chi connectivity index (χ3v) is 3.20. The first kappa shape index (κ1) is 11.8. The summed E-state index contributed by atoms with van der Waals surface area (Å²) in [6.45, 7) is 4.47. The number of carbonyl (C=O) groups excluding carboxylic acids is 1. The first-order valence-electron chi connectivity index (χ1n) is 5.41. The van der Waals surface area contributed by atoms with E-state index in [1.807, 2.05) is 38.1 Å². The molecule has 2 rings (SSSR count). The summed E-state index contributed by atoms with van der Waals surface area (Å²) in [6.07, 6.45) is 0. The van der Waals surface area contributed by atoms with Gasteiger partial charge in [0.25, 0.3) is 5.91 Å². The molecule has 0 fully saturated rings. The van der Waals surface area contributed by atoms with Crippen LogP contribution >= 0.6 is 11.3 Å². The molecule has 17 heavy (non-hydrogen) atoms. The summed E-state index contributed by atoms with van der Waals surface area (Å²) >= 11 is 1.48. The van der Waals surface area contributed by atoms with Crippen LogP contribution in [0.5, 0.6) is 0 Å². The van der Waals surface area contributed by atoms with Gasteiger partial charge < -0.3 is 5.32 Å². The summed E-state index contributed by atoms with van der Waals surface area (Å²) in [6, 6.07) is 8.10. The Balaban J connectivity index is 1.94. The van der Waals surface area contributed by atoms with Gasteiger partial charge in [-0.3, -0.25) is 4.79 Å². The Labute approximate surface area is 105 Å². The molecule has 2 aromatic rings. The third kappa shape index (κ3) is 3.14. The highest BCUT2D eigenvalue weighted by Crippen LogP contribution is 2.08. The van der Waals surface area contributed by atoms with Crippen LogP contribution in [0.25, 0.3) is 0 Å². The fraction of sp³-hybridized carbons (Fsp3) is 0.231. The van der Waals surface area contributed by atoms with E-state index in [-0.39, 0.29) is 5.91 Å². The van der Waals surface area contributed by atoms with Crippen molar-refractivity contribution in [2.75, 3.05) is 0 Å². The first-order valence-corrected chi connectivity index (χ1v) is 6.29. The lowest BCUT2D eigenvalue weighted by Crippen LogP contribution is -2.23. The van der Waals surface area contributed by atoms with Gasteiger partial charge in [0, 0.05) is 11.9 Å². The molecule has 1 aromatic heterocycles. The molecule has 0 saturated carbocycles. The van der Waals surface area contributed by atoms with E-state index in [4.69, 9.17) is 0 Å². The highest BCUT2D eigenvalue weighted by atomic mass is 32.1. The Morgan fingerprint density at radius 2 is 2.00 bits per heavy atom. The van der Waals surface area contributed by atoms with E-state index in [9.17, 15) is 4.79 Å². The molecule has 0 bridgehead atoms. The maximum absolute atomic E-state index is 11.7. The van der Waals surface area contributed by atoms with Crippen molar-refractivity contribution in [1.82, 2.24) is 10.3 Å². The normalized spacial score (nSPS) is 10.2. The van der Waals surface area contributed by atoms with E-state index in [0.717, 1.165) is 10.6 Å². The molecule has 3 nitrogen and oxygen atoms in total. The van der Waals surface area contributed by atoms with Crippen molar-refractivity contribution in [3.05, 3.63) is 51.5 Å². The molecule has 4 heteroatoms. The second kappa shape index (κ2) is 5.10. The van der Waals surface area contributed by atoms with Crippen LogP contribution in [0.15, 0.2) is 29.6 Å². The number of rotatable bonds is 3. The topological polar surface area (TPSA) is 42.0 Å². The van der Waals surface area contributed by atoms with E-state index in [1.165, 1.54) is 16.9 Å². The van der Waals surface area contributed by atoms with Crippen LogP contribution in [0.4, 0.5) is 0 Å². The zero-order valence-electron chi connectivity index (χ0n) is 9.86. The van der Waals surface area contributed by atoms with Gasteiger partial charge >= 0.3 is 0 Å². The number of nitrogens with one attached hydrogen (secondary N) is 1. The molecule has 1 amide bonds. The lowest BCUT2D eigenvalue weighted by Gasteiger charge is -2.03. The molecule has 1 aromatic carbocycles. The monoisotopic (exact) mass is 246 g/mol. The predicted molar refractivity (Wildman–Crippen MR) is 69.2 cm³/mol. The maximum Gasteiger partial charge on any atom is 0.271 e. The molecule has 88 valence electrons. The SMILES string of the molecule is Cc1ccc(CNC(=O)c2csc(C)n2)cc1. The number of aryl methyl sites for hydroxylation is 2. The van der Waals surface area contributed by atoms with Crippen LogP contribution in [-0.2, 0) is 6.54 Å². The maximum atomic E-state index is 11.7. The second-order valence-corrected chi connectivity index (χ2v) is 4.98. The minimum atomic E-state index is -0.116. The standard InChI is InChI=1S/C13H14N2OS/c1-9-3-5-11(6-4-9)7-14-13(16)12-8-17-10(2)15-12/h3-6,8H,7H2,1-2H3,(H,14,16). The van der Waals surface area contributed by atoms with Crippen molar-refractivity contribution in [3.63, 3.8) is 0 Å². The van der Waals surface area contributed by atoms with Crippen LogP contribution in [0.1, 0.15) is 26.6 Å². The van der Waals surface area contributed by atoms with Crippen LogP contribution < -0.4 is 5.32 Å². The molecular formula is C13H14N2OS. The predicted octanol–water partition coefficient (Wildman–Crippen LogP) is 2.69. The quantitative estimate of drug-likeness (QED) is 0.904. The summed E-state index contributed by atoms with van der Waals surface area (Å²) in [4.78, 5) is 15.9. The van der Waals surface area contributed by atoms with Gasteiger partial charge in [-0.2, -0.15) is 0 Å².